The Bertz CT molecular complexity index is 957. The number of ether oxygens (including phenoxy) is 1. The quantitative estimate of drug-likeness (QED) is 0.324. The van der Waals surface area contributed by atoms with Crippen molar-refractivity contribution < 1.29 is 14.3 Å². The van der Waals surface area contributed by atoms with Crippen LogP contribution < -0.4 is 10.1 Å². The number of unbranched alkanes of at least 4 members (excludes halogenated alkanes) is 1. The largest absolute Gasteiger partial charge is 0.483 e. The third-order valence-corrected chi connectivity index (χ3v) is 6.50. The van der Waals surface area contributed by atoms with Gasteiger partial charge in [-0.15, -0.1) is 0 Å². The first-order valence-corrected chi connectivity index (χ1v) is 13.0. The fourth-order valence-electron chi connectivity index (χ4n) is 3.52. The number of halogens is 2. The van der Waals surface area contributed by atoms with Crippen LogP contribution in [0.3, 0.4) is 0 Å². The third-order valence-electron chi connectivity index (χ3n) is 5.63. The first kappa shape index (κ1) is 28.2. The molecule has 0 aliphatic carbocycles. The molecule has 0 bridgehead atoms. The third kappa shape index (κ3) is 8.31. The SMILES string of the molecule is CCCCNC(=O)C(CC)N(Cc1ccc(Cl)cc1)C(=O)COc1ccc(C(C)(C)C)cc1Br. The molecule has 1 unspecified atom stereocenters. The number of nitrogens with zero attached hydrogens (tertiary/aromatic N) is 1. The lowest BCUT2D eigenvalue weighted by atomic mass is 9.87. The first-order valence-electron chi connectivity index (χ1n) is 11.8. The molecule has 2 aromatic rings. The highest BCUT2D eigenvalue weighted by molar-refractivity contribution is 9.10. The summed E-state index contributed by atoms with van der Waals surface area (Å²) < 4.78 is 6.68. The molecule has 2 amide bonds. The van der Waals surface area contributed by atoms with Crippen LogP contribution in [0.1, 0.15) is 65.0 Å². The van der Waals surface area contributed by atoms with E-state index in [0.717, 1.165) is 28.4 Å². The minimum Gasteiger partial charge on any atom is -0.483 e. The van der Waals surface area contributed by atoms with Crippen molar-refractivity contribution in [2.24, 2.45) is 0 Å². The number of amides is 2. The number of nitrogens with one attached hydrogen (secondary N) is 1. The van der Waals surface area contributed by atoms with E-state index in [-0.39, 0.29) is 23.8 Å². The van der Waals surface area contributed by atoms with Gasteiger partial charge in [0.1, 0.15) is 11.8 Å². The number of carbonyl (C=O) groups is 2. The molecule has 0 heterocycles. The van der Waals surface area contributed by atoms with E-state index < -0.39 is 6.04 Å². The van der Waals surface area contributed by atoms with Gasteiger partial charge in [-0.25, -0.2) is 0 Å². The molecule has 2 aromatic carbocycles. The molecule has 0 saturated carbocycles. The van der Waals surface area contributed by atoms with Gasteiger partial charge in [0.2, 0.25) is 5.91 Å². The smallest absolute Gasteiger partial charge is 0.261 e. The van der Waals surface area contributed by atoms with Crippen LogP contribution in [-0.2, 0) is 21.5 Å². The Morgan fingerprint density at radius 1 is 1.12 bits per heavy atom. The molecule has 0 aliphatic heterocycles. The molecule has 7 heteroatoms. The second-order valence-electron chi connectivity index (χ2n) is 9.40. The maximum absolute atomic E-state index is 13.3. The lowest BCUT2D eigenvalue weighted by Gasteiger charge is -2.30. The highest BCUT2D eigenvalue weighted by atomic mass is 79.9. The standard InChI is InChI=1S/C27H36BrClN2O3/c1-6-8-15-30-26(33)23(7-2)31(17-19-9-12-21(29)13-10-19)25(32)18-34-24-14-11-20(16-22(24)28)27(3,4)5/h9-14,16,23H,6-8,15,17-18H2,1-5H3,(H,30,33). The summed E-state index contributed by atoms with van der Waals surface area (Å²) in [6.07, 6.45) is 2.39. The summed E-state index contributed by atoms with van der Waals surface area (Å²) >= 11 is 9.59. The average molecular weight is 552 g/mol. The van der Waals surface area contributed by atoms with Crippen LogP contribution >= 0.6 is 27.5 Å². The second kappa shape index (κ2) is 13.1. The number of hydrogen-bond donors (Lipinski definition) is 1. The van der Waals surface area contributed by atoms with Gasteiger partial charge in [0, 0.05) is 18.1 Å². The van der Waals surface area contributed by atoms with Crippen LogP contribution in [0, 0.1) is 0 Å². The highest BCUT2D eigenvalue weighted by Gasteiger charge is 2.29. The topological polar surface area (TPSA) is 58.6 Å². The number of rotatable bonds is 11. The first-order chi connectivity index (χ1) is 16.1. The molecule has 186 valence electrons. The summed E-state index contributed by atoms with van der Waals surface area (Å²) in [5.74, 6) is 0.196. The van der Waals surface area contributed by atoms with E-state index in [2.05, 4.69) is 48.9 Å². The van der Waals surface area contributed by atoms with Gasteiger partial charge in [-0.2, -0.15) is 0 Å². The Hall–Kier alpha value is -2.05. The molecule has 34 heavy (non-hydrogen) atoms. The van der Waals surface area contributed by atoms with Gasteiger partial charge in [0.15, 0.2) is 6.61 Å². The molecular formula is C27H36BrClN2O3. The maximum Gasteiger partial charge on any atom is 0.261 e. The summed E-state index contributed by atoms with van der Waals surface area (Å²) in [5.41, 5.74) is 2.07. The van der Waals surface area contributed by atoms with E-state index in [0.29, 0.717) is 30.3 Å². The van der Waals surface area contributed by atoms with Gasteiger partial charge >= 0.3 is 0 Å². The van der Waals surface area contributed by atoms with Crippen molar-refractivity contribution in [3.63, 3.8) is 0 Å². The Labute approximate surface area is 217 Å². The summed E-state index contributed by atoms with van der Waals surface area (Å²) in [5, 5.41) is 3.59. The molecule has 1 N–H and O–H groups in total. The summed E-state index contributed by atoms with van der Waals surface area (Å²) in [7, 11) is 0. The molecule has 0 saturated heterocycles. The monoisotopic (exact) mass is 550 g/mol. The minimum atomic E-state index is -0.588. The molecule has 0 aromatic heterocycles. The van der Waals surface area contributed by atoms with Crippen molar-refractivity contribution in [2.45, 2.75) is 71.9 Å². The lowest BCUT2D eigenvalue weighted by Crippen LogP contribution is -2.50. The Balaban J connectivity index is 2.20. The van der Waals surface area contributed by atoms with E-state index in [9.17, 15) is 9.59 Å². The molecule has 0 aliphatic rings. The van der Waals surface area contributed by atoms with Gasteiger partial charge in [-0.05, 0) is 69.6 Å². The minimum absolute atomic E-state index is 0.00569. The second-order valence-corrected chi connectivity index (χ2v) is 10.7. The van der Waals surface area contributed by atoms with Crippen molar-refractivity contribution in [1.82, 2.24) is 10.2 Å². The van der Waals surface area contributed by atoms with Crippen molar-refractivity contribution in [3.05, 3.63) is 63.1 Å². The number of hydrogen-bond acceptors (Lipinski definition) is 3. The zero-order chi connectivity index (χ0) is 25.3. The van der Waals surface area contributed by atoms with Gasteiger partial charge in [-0.3, -0.25) is 9.59 Å². The predicted octanol–water partition coefficient (Wildman–Crippen LogP) is 6.50. The average Bonchev–Trinajstić information content (AvgIpc) is 2.78. The number of benzene rings is 2. The van der Waals surface area contributed by atoms with E-state index in [1.165, 1.54) is 0 Å². The Morgan fingerprint density at radius 3 is 2.35 bits per heavy atom. The van der Waals surface area contributed by atoms with Gasteiger partial charge in [-0.1, -0.05) is 70.8 Å². The molecule has 0 spiro atoms. The van der Waals surface area contributed by atoms with Crippen molar-refractivity contribution in [2.75, 3.05) is 13.2 Å². The zero-order valence-electron chi connectivity index (χ0n) is 20.8. The number of carbonyl (C=O) groups excluding carboxylic acids is 2. The normalized spacial score (nSPS) is 12.2. The van der Waals surface area contributed by atoms with Crippen LogP contribution in [0.25, 0.3) is 0 Å². The molecule has 1 atom stereocenters. The zero-order valence-corrected chi connectivity index (χ0v) is 23.1. The van der Waals surface area contributed by atoms with E-state index in [1.54, 1.807) is 17.0 Å². The summed E-state index contributed by atoms with van der Waals surface area (Å²) in [6, 6.07) is 12.6. The fraction of sp³-hybridized carbons (Fsp3) is 0.481. The summed E-state index contributed by atoms with van der Waals surface area (Å²) in [4.78, 5) is 27.9. The van der Waals surface area contributed by atoms with Gasteiger partial charge in [0.05, 0.1) is 4.47 Å². The van der Waals surface area contributed by atoms with Crippen LogP contribution in [0.4, 0.5) is 0 Å². The van der Waals surface area contributed by atoms with Crippen molar-refractivity contribution in [3.8, 4) is 5.75 Å². The van der Waals surface area contributed by atoms with Crippen LogP contribution in [0.2, 0.25) is 5.02 Å². The Kier molecular flexibility index (Phi) is 10.9. The molecule has 0 fully saturated rings. The fourth-order valence-corrected chi connectivity index (χ4v) is 4.14. The highest BCUT2D eigenvalue weighted by Crippen LogP contribution is 2.31. The van der Waals surface area contributed by atoms with E-state index in [4.69, 9.17) is 16.3 Å². The van der Waals surface area contributed by atoms with Crippen molar-refractivity contribution >= 4 is 39.3 Å². The van der Waals surface area contributed by atoms with E-state index >= 15 is 0 Å². The van der Waals surface area contributed by atoms with Gasteiger partial charge < -0.3 is 15.0 Å². The molecule has 2 rings (SSSR count). The molecule has 5 nitrogen and oxygen atoms in total. The molecule has 0 radical (unpaired) electrons. The van der Waals surface area contributed by atoms with Gasteiger partial charge in [0.25, 0.3) is 5.91 Å². The van der Waals surface area contributed by atoms with Crippen LogP contribution in [-0.4, -0.2) is 35.9 Å². The molecular weight excluding hydrogens is 516 g/mol. The summed E-state index contributed by atoms with van der Waals surface area (Å²) in [6.45, 7) is 11.1. The van der Waals surface area contributed by atoms with Crippen LogP contribution in [0.15, 0.2) is 46.9 Å². The van der Waals surface area contributed by atoms with Crippen molar-refractivity contribution in [1.29, 1.82) is 0 Å². The Morgan fingerprint density at radius 2 is 1.79 bits per heavy atom. The predicted molar refractivity (Wildman–Crippen MR) is 142 cm³/mol. The van der Waals surface area contributed by atoms with Crippen LogP contribution in [0.5, 0.6) is 5.75 Å². The van der Waals surface area contributed by atoms with E-state index in [1.807, 2.05) is 37.3 Å². The maximum atomic E-state index is 13.3. The lowest BCUT2D eigenvalue weighted by molar-refractivity contribution is -0.143.